The van der Waals surface area contributed by atoms with Crippen LogP contribution in [0.2, 0.25) is 0 Å². The van der Waals surface area contributed by atoms with Crippen LogP contribution in [-0.4, -0.2) is 30.8 Å². The van der Waals surface area contributed by atoms with Gasteiger partial charge in [-0.15, -0.1) is 0 Å². The second kappa shape index (κ2) is 8.33. The summed E-state index contributed by atoms with van der Waals surface area (Å²) in [6, 6.07) is 5.22. The highest BCUT2D eigenvalue weighted by Gasteiger charge is 2.12. The predicted octanol–water partition coefficient (Wildman–Crippen LogP) is 2.20. The second-order valence-corrected chi connectivity index (χ2v) is 5.38. The second-order valence-electron chi connectivity index (χ2n) is 5.38. The molecule has 4 heteroatoms. The van der Waals surface area contributed by atoms with Crippen molar-refractivity contribution in [3.05, 3.63) is 29.3 Å². The highest BCUT2D eigenvalue weighted by Crippen LogP contribution is 2.19. The molecule has 0 fully saturated rings. The molecule has 0 spiro atoms. The van der Waals surface area contributed by atoms with Crippen molar-refractivity contribution in [1.29, 1.82) is 0 Å². The summed E-state index contributed by atoms with van der Waals surface area (Å²) in [5.74, 6) is 6.34. The molecule has 1 unspecified atom stereocenters. The molecular formula is C17H23NO3. The fraction of sp³-hybridized carbons (Fsp3) is 0.471. The number of rotatable bonds is 5. The van der Waals surface area contributed by atoms with Crippen LogP contribution in [0.1, 0.15) is 43.1 Å². The lowest BCUT2D eigenvalue weighted by Gasteiger charge is -2.16. The van der Waals surface area contributed by atoms with Crippen LogP contribution in [0.25, 0.3) is 0 Å². The average Bonchev–Trinajstić information content (AvgIpc) is 2.43. The van der Waals surface area contributed by atoms with E-state index in [-0.39, 0.29) is 18.6 Å². The zero-order chi connectivity index (χ0) is 15.8. The number of benzene rings is 1. The third-order valence-corrected chi connectivity index (χ3v) is 2.97. The Bertz CT molecular complexity index is 541. The molecule has 0 bridgehead atoms. The van der Waals surface area contributed by atoms with E-state index in [0.29, 0.717) is 22.8 Å². The fourth-order valence-electron chi connectivity index (χ4n) is 2.15. The summed E-state index contributed by atoms with van der Waals surface area (Å²) in [5.41, 5.74) is 1.13. The van der Waals surface area contributed by atoms with Gasteiger partial charge in [0.15, 0.2) is 0 Å². The van der Waals surface area contributed by atoms with Gasteiger partial charge in [-0.1, -0.05) is 25.7 Å². The molecule has 1 atom stereocenters. The van der Waals surface area contributed by atoms with Crippen molar-refractivity contribution in [2.75, 3.05) is 13.7 Å². The van der Waals surface area contributed by atoms with Crippen LogP contribution in [-0.2, 0) is 0 Å². The average molecular weight is 289 g/mol. The third-order valence-electron chi connectivity index (χ3n) is 2.97. The van der Waals surface area contributed by atoms with Crippen molar-refractivity contribution in [2.24, 2.45) is 5.92 Å². The number of aliphatic hydroxyl groups excluding tert-OH is 1. The van der Waals surface area contributed by atoms with Crippen LogP contribution >= 0.6 is 0 Å². The van der Waals surface area contributed by atoms with E-state index in [2.05, 4.69) is 31.0 Å². The van der Waals surface area contributed by atoms with Gasteiger partial charge in [0.25, 0.3) is 5.91 Å². The molecule has 1 aromatic carbocycles. The molecule has 0 aliphatic heterocycles. The van der Waals surface area contributed by atoms with Crippen LogP contribution < -0.4 is 10.1 Å². The lowest BCUT2D eigenvalue weighted by Crippen LogP contribution is -2.33. The van der Waals surface area contributed by atoms with Gasteiger partial charge < -0.3 is 15.2 Å². The van der Waals surface area contributed by atoms with Crippen LogP contribution in [0, 0.1) is 17.8 Å². The Morgan fingerprint density at radius 1 is 1.38 bits per heavy atom. The molecule has 21 heavy (non-hydrogen) atoms. The topological polar surface area (TPSA) is 58.6 Å². The molecule has 0 aliphatic rings. The Hall–Kier alpha value is -1.99. The first kappa shape index (κ1) is 17.1. The summed E-state index contributed by atoms with van der Waals surface area (Å²) < 4.78 is 5.20. The van der Waals surface area contributed by atoms with E-state index in [1.165, 1.54) is 0 Å². The normalized spacial score (nSPS) is 11.5. The molecule has 0 aromatic heterocycles. The first-order valence-electron chi connectivity index (χ1n) is 7.06. The summed E-state index contributed by atoms with van der Waals surface area (Å²) in [7, 11) is 1.55. The van der Waals surface area contributed by atoms with Gasteiger partial charge in [0.05, 0.1) is 12.7 Å². The van der Waals surface area contributed by atoms with Gasteiger partial charge in [-0.05, 0) is 37.5 Å². The standard InChI is InChI=1S/C17H23NO3/c1-12(2)10-13(3)18-17(20)15-7-8-16(21-4)14(11-15)6-5-9-19/h7-8,11-13,19H,9-10H2,1-4H3,(H,18,20). The minimum absolute atomic E-state index is 0.117. The van der Waals surface area contributed by atoms with E-state index in [4.69, 9.17) is 9.84 Å². The van der Waals surface area contributed by atoms with Crippen molar-refractivity contribution < 1.29 is 14.6 Å². The summed E-state index contributed by atoms with van der Waals surface area (Å²) in [6.45, 7) is 6.01. The Morgan fingerprint density at radius 3 is 2.67 bits per heavy atom. The van der Waals surface area contributed by atoms with Crippen molar-refractivity contribution in [3.63, 3.8) is 0 Å². The van der Waals surface area contributed by atoms with Gasteiger partial charge in [-0.2, -0.15) is 0 Å². The van der Waals surface area contributed by atoms with E-state index in [1.54, 1.807) is 25.3 Å². The van der Waals surface area contributed by atoms with Gasteiger partial charge in [0.1, 0.15) is 12.4 Å². The number of nitrogens with one attached hydrogen (secondary N) is 1. The lowest BCUT2D eigenvalue weighted by molar-refractivity contribution is 0.0936. The largest absolute Gasteiger partial charge is 0.495 e. The molecular weight excluding hydrogens is 266 g/mol. The minimum atomic E-state index is -0.231. The molecule has 114 valence electrons. The van der Waals surface area contributed by atoms with Crippen LogP contribution in [0.15, 0.2) is 18.2 Å². The molecule has 0 saturated heterocycles. The van der Waals surface area contributed by atoms with Crippen molar-refractivity contribution in [2.45, 2.75) is 33.2 Å². The number of aliphatic hydroxyl groups is 1. The highest BCUT2D eigenvalue weighted by molar-refractivity contribution is 5.95. The van der Waals surface area contributed by atoms with Crippen molar-refractivity contribution in [1.82, 2.24) is 5.32 Å². The van der Waals surface area contributed by atoms with Gasteiger partial charge >= 0.3 is 0 Å². The molecule has 1 amide bonds. The first-order valence-corrected chi connectivity index (χ1v) is 7.06. The predicted molar refractivity (Wildman–Crippen MR) is 83.3 cm³/mol. The van der Waals surface area contributed by atoms with E-state index in [1.807, 2.05) is 6.92 Å². The first-order chi connectivity index (χ1) is 9.97. The number of methoxy groups -OCH3 is 1. The summed E-state index contributed by atoms with van der Waals surface area (Å²) in [4.78, 5) is 12.2. The quantitative estimate of drug-likeness (QED) is 0.817. The molecule has 0 heterocycles. The molecule has 4 nitrogen and oxygen atoms in total. The molecule has 0 radical (unpaired) electrons. The van der Waals surface area contributed by atoms with Gasteiger partial charge in [0.2, 0.25) is 0 Å². The zero-order valence-corrected chi connectivity index (χ0v) is 13.1. The maximum absolute atomic E-state index is 12.2. The van der Waals surface area contributed by atoms with Gasteiger partial charge in [-0.3, -0.25) is 4.79 Å². The van der Waals surface area contributed by atoms with Gasteiger partial charge in [0, 0.05) is 11.6 Å². The van der Waals surface area contributed by atoms with Gasteiger partial charge in [-0.25, -0.2) is 0 Å². The highest BCUT2D eigenvalue weighted by atomic mass is 16.5. The number of ether oxygens (including phenoxy) is 1. The number of hydrogen-bond donors (Lipinski definition) is 2. The minimum Gasteiger partial charge on any atom is -0.495 e. The Balaban J connectivity index is 2.90. The maximum atomic E-state index is 12.2. The molecule has 0 aliphatic carbocycles. The van der Waals surface area contributed by atoms with E-state index >= 15 is 0 Å². The van der Waals surface area contributed by atoms with E-state index < -0.39 is 0 Å². The Morgan fingerprint density at radius 2 is 2.10 bits per heavy atom. The van der Waals surface area contributed by atoms with Crippen LogP contribution in [0.5, 0.6) is 5.75 Å². The number of hydrogen-bond acceptors (Lipinski definition) is 3. The number of carbonyl (C=O) groups is 1. The van der Waals surface area contributed by atoms with Crippen LogP contribution in [0.4, 0.5) is 0 Å². The summed E-state index contributed by atoms with van der Waals surface area (Å²) in [6.07, 6.45) is 0.930. The molecule has 1 rings (SSSR count). The zero-order valence-electron chi connectivity index (χ0n) is 13.1. The molecule has 0 saturated carbocycles. The van der Waals surface area contributed by atoms with E-state index in [0.717, 1.165) is 6.42 Å². The maximum Gasteiger partial charge on any atom is 0.251 e. The van der Waals surface area contributed by atoms with Crippen LogP contribution in [0.3, 0.4) is 0 Å². The van der Waals surface area contributed by atoms with Crippen molar-refractivity contribution in [3.8, 4) is 17.6 Å². The number of carbonyl (C=O) groups excluding carboxylic acids is 1. The smallest absolute Gasteiger partial charge is 0.251 e. The molecule has 2 N–H and O–H groups in total. The summed E-state index contributed by atoms with van der Waals surface area (Å²) in [5, 5.41) is 11.7. The SMILES string of the molecule is COc1ccc(C(=O)NC(C)CC(C)C)cc1C#CCO. The third kappa shape index (κ3) is 5.49. The molecule has 1 aromatic rings. The Kier molecular flexibility index (Phi) is 6.77. The monoisotopic (exact) mass is 289 g/mol. The number of amides is 1. The Labute approximate surface area is 126 Å². The van der Waals surface area contributed by atoms with Crippen molar-refractivity contribution >= 4 is 5.91 Å². The van der Waals surface area contributed by atoms with E-state index in [9.17, 15) is 4.79 Å². The fourth-order valence-corrected chi connectivity index (χ4v) is 2.15. The summed E-state index contributed by atoms with van der Waals surface area (Å²) >= 11 is 0. The lowest BCUT2D eigenvalue weighted by atomic mass is 10.0.